The van der Waals surface area contributed by atoms with E-state index in [1.807, 2.05) is 18.3 Å². The van der Waals surface area contributed by atoms with Gasteiger partial charge in [0.2, 0.25) is 5.95 Å². The summed E-state index contributed by atoms with van der Waals surface area (Å²) in [6.45, 7) is 2.71. The lowest BCUT2D eigenvalue weighted by Crippen LogP contribution is -2.31. The van der Waals surface area contributed by atoms with Crippen LogP contribution in [0.1, 0.15) is 16.7 Å². The Labute approximate surface area is 148 Å². The first-order valence-corrected chi connectivity index (χ1v) is 8.81. The maximum Gasteiger partial charge on any atom is 0.227 e. The number of hydrogen-bond donors (Lipinski definition) is 1. The van der Waals surface area contributed by atoms with Crippen LogP contribution in [0.5, 0.6) is 0 Å². The first-order chi connectivity index (χ1) is 12.4. The summed E-state index contributed by atoms with van der Waals surface area (Å²) in [5, 5.41) is 3.41. The van der Waals surface area contributed by atoms with E-state index in [1.165, 1.54) is 16.7 Å². The van der Waals surface area contributed by atoms with E-state index in [2.05, 4.69) is 63.7 Å². The molecule has 1 aliphatic rings. The van der Waals surface area contributed by atoms with Gasteiger partial charge in [-0.05, 0) is 35.6 Å². The van der Waals surface area contributed by atoms with Crippen molar-refractivity contribution in [3.63, 3.8) is 0 Å². The van der Waals surface area contributed by atoms with Crippen LogP contribution in [0.15, 0.2) is 66.9 Å². The van der Waals surface area contributed by atoms with E-state index in [-0.39, 0.29) is 0 Å². The van der Waals surface area contributed by atoms with Gasteiger partial charge >= 0.3 is 0 Å². The Morgan fingerprint density at radius 3 is 2.60 bits per heavy atom. The summed E-state index contributed by atoms with van der Waals surface area (Å²) in [5.74, 6) is 1.69. The normalized spacial score (nSPS) is 13.4. The third-order valence-electron chi connectivity index (χ3n) is 4.62. The van der Waals surface area contributed by atoms with Gasteiger partial charge in [0.15, 0.2) is 0 Å². The molecule has 0 saturated heterocycles. The summed E-state index contributed by atoms with van der Waals surface area (Å²) < 4.78 is 0. The van der Waals surface area contributed by atoms with E-state index in [0.29, 0.717) is 0 Å². The molecule has 25 heavy (non-hydrogen) atoms. The highest BCUT2D eigenvalue weighted by Gasteiger charge is 2.18. The lowest BCUT2D eigenvalue weighted by Gasteiger charge is -2.28. The smallest absolute Gasteiger partial charge is 0.227 e. The average molecular weight is 330 g/mol. The predicted octanol–water partition coefficient (Wildman–Crippen LogP) is 3.69. The second-order valence-corrected chi connectivity index (χ2v) is 6.34. The second kappa shape index (κ2) is 7.34. The Hall–Kier alpha value is -2.88. The van der Waals surface area contributed by atoms with Crippen LogP contribution in [0, 0.1) is 0 Å². The molecule has 4 nitrogen and oxygen atoms in total. The number of rotatable bonds is 5. The molecule has 3 aromatic rings. The number of nitrogens with zero attached hydrogens (tertiary/aromatic N) is 3. The van der Waals surface area contributed by atoms with E-state index in [0.717, 1.165) is 44.2 Å². The van der Waals surface area contributed by atoms with Crippen LogP contribution in [-0.2, 0) is 19.4 Å². The van der Waals surface area contributed by atoms with Gasteiger partial charge in [-0.2, -0.15) is 4.98 Å². The van der Waals surface area contributed by atoms with E-state index in [9.17, 15) is 0 Å². The van der Waals surface area contributed by atoms with Crippen molar-refractivity contribution in [2.45, 2.75) is 19.4 Å². The zero-order valence-corrected chi connectivity index (χ0v) is 14.2. The highest BCUT2D eigenvalue weighted by atomic mass is 15.3. The summed E-state index contributed by atoms with van der Waals surface area (Å²) in [5.41, 5.74) is 4.15. The van der Waals surface area contributed by atoms with Gasteiger partial charge in [-0.25, -0.2) is 4.98 Å². The molecule has 4 rings (SSSR count). The van der Waals surface area contributed by atoms with E-state index in [4.69, 9.17) is 4.98 Å². The number of hydrogen-bond acceptors (Lipinski definition) is 4. The Balaban J connectivity index is 1.40. The first-order valence-electron chi connectivity index (χ1n) is 8.81. The number of fused-ring (bicyclic) bond motifs is 1. The van der Waals surface area contributed by atoms with Gasteiger partial charge in [0.05, 0.1) is 0 Å². The average Bonchev–Trinajstić information content (AvgIpc) is 2.69. The summed E-state index contributed by atoms with van der Waals surface area (Å²) in [6.07, 6.45) is 3.87. The number of benzene rings is 2. The SMILES string of the molecule is c1ccc(CCNc2ccnc(N3CCc4ccccc4C3)n2)cc1. The molecule has 0 aliphatic carbocycles. The van der Waals surface area contributed by atoms with Gasteiger partial charge in [-0.15, -0.1) is 0 Å². The van der Waals surface area contributed by atoms with E-state index in [1.54, 1.807) is 0 Å². The monoisotopic (exact) mass is 330 g/mol. The van der Waals surface area contributed by atoms with Crippen molar-refractivity contribution < 1.29 is 0 Å². The van der Waals surface area contributed by atoms with Crippen molar-refractivity contribution in [2.24, 2.45) is 0 Å². The molecule has 0 saturated carbocycles. The summed E-state index contributed by atoms with van der Waals surface area (Å²) >= 11 is 0. The Morgan fingerprint density at radius 2 is 1.72 bits per heavy atom. The molecule has 0 fully saturated rings. The van der Waals surface area contributed by atoms with Crippen molar-refractivity contribution in [3.8, 4) is 0 Å². The maximum absolute atomic E-state index is 4.70. The maximum atomic E-state index is 4.70. The molecule has 1 aromatic heterocycles. The molecular formula is C21H22N4. The van der Waals surface area contributed by atoms with Crippen LogP contribution in [0.2, 0.25) is 0 Å². The van der Waals surface area contributed by atoms with Crippen molar-refractivity contribution in [2.75, 3.05) is 23.3 Å². The molecule has 4 heteroatoms. The van der Waals surface area contributed by atoms with Crippen LogP contribution in [0.25, 0.3) is 0 Å². The Bertz CT molecular complexity index is 832. The zero-order valence-electron chi connectivity index (χ0n) is 14.2. The molecule has 0 bridgehead atoms. The molecule has 2 heterocycles. The molecular weight excluding hydrogens is 308 g/mol. The Kier molecular flexibility index (Phi) is 4.59. The first kappa shape index (κ1) is 15.6. The highest BCUT2D eigenvalue weighted by Crippen LogP contribution is 2.22. The van der Waals surface area contributed by atoms with Crippen LogP contribution >= 0.6 is 0 Å². The molecule has 1 N–H and O–H groups in total. The van der Waals surface area contributed by atoms with Crippen molar-refractivity contribution in [1.82, 2.24) is 9.97 Å². The van der Waals surface area contributed by atoms with E-state index < -0.39 is 0 Å². The fourth-order valence-corrected chi connectivity index (χ4v) is 3.25. The quantitative estimate of drug-likeness (QED) is 0.774. The summed E-state index contributed by atoms with van der Waals surface area (Å²) in [4.78, 5) is 11.4. The summed E-state index contributed by atoms with van der Waals surface area (Å²) in [6, 6.07) is 21.1. The number of nitrogens with one attached hydrogen (secondary N) is 1. The molecule has 0 unspecified atom stereocenters. The third kappa shape index (κ3) is 3.79. The molecule has 2 aromatic carbocycles. The van der Waals surface area contributed by atoms with Crippen LogP contribution < -0.4 is 10.2 Å². The third-order valence-corrected chi connectivity index (χ3v) is 4.62. The largest absolute Gasteiger partial charge is 0.370 e. The highest BCUT2D eigenvalue weighted by molar-refractivity contribution is 5.44. The molecule has 0 radical (unpaired) electrons. The number of aromatic nitrogens is 2. The van der Waals surface area contributed by atoms with Crippen LogP contribution in [-0.4, -0.2) is 23.1 Å². The molecule has 0 atom stereocenters. The standard InChI is InChI=1S/C21H22N4/c1-2-6-17(7-3-1)10-13-22-20-11-14-23-21(24-20)25-15-12-18-8-4-5-9-19(18)16-25/h1-9,11,14H,10,12-13,15-16H2,(H,22,23,24). The Morgan fingerprint density at radius 1 is 0.920 bits per heavy atom. The fraction of sp³-hybridized carbons (Fsp3) is 0.238. The zero-order chi connectivity index (χ0) is 16.9. The second-order valence-electron chi connectivity index (χ2n) is 6.34. The minimum Gasteiger partial charge on any atom is -0.370 e. The van der Waals surface area contributed by atoms with Crippen molar-refractivity contribution in [1.29, 1.82) is 0 Å². The van der Waals surface area contributed by atoms with Gasteiger partial charge in [0, 0.05) is 25.8 Å². The number of anilines is 2. The van der Waals surface area contributed by atoms with Gasteiger partial charge in [-0.1, -0.05) is 54.6 Å². The fourth-order valence-electron chi connectivity index (χ4n) is 3.25. The summed E-state index contributed by atoms with van der Waals surface area (Å²) in [7, 11) is 0. The minimum atomic E-state index is 0.805. The lowest BCUT2D eigenvalue weighted by molar-refractivity contribution is 0.708. The van der Waals surface area contributed by atoms with Gasteiger partial charge in [0.1, 0.15) is 5.82 Å². The topological polar surface area (TPSA) is 41.1 Å². The molecule has 0 amide bonds. The lowest BCUT2D eigenvalue weighted by atomic mass is 10.0. The molecule has 126 valence electrons. The van der Waals surface area contributed by atoms with E-state index >= 15 is 0 Å². The van der Waals surface area contributed by atoms with Crippen molar-refractivity contribution >= 4 is 11.8 Å². The van der Waals surface area contributed by atoms with Crippen LogP contribution in [0.3, 0.4) is 0 Å². The molecule has 1 aliphatic heterocycles. The van der Waals surface area contributed by atoms with Gasteiger partial charge in [0.25, 0.3) is 0 Å². The molecule has 0 spiro atoms. The minimum absolute atomic E-state index is 0.805. The van der Waals surface area contributed by atoms with Gasteiger partial charge in [-0.3, -0.25) is 0 Å². The predicted molar refractivity (Wildman–Crippen MR) is 102 cm³/mol. The van der Waals surface area contributed by atoms with Gasteiger partial charge < -0.3 is 10.2 Å². The van der Waals surface area contributed by atoms with Crippen LogP contribution in [0.4, 0.5) is 11.8 Å². The van der Waals surface area contributed by atoms with Crippen molar-refractivity contribution in [3.05, 3.63) is 83.6 Å².